The lowest BCUT2D eigenvalue weighted by atomic mass is 10.1. The number of ether oxygens (including phenoxy) is 1. The summed E-state index contributed by atoms with van der Waals surface area (Å²) < 4.78 is 67.6. The lowest BCUT2D eigenvalue weighted by Gasteiger charge is -2.20. The van der Waals surface area contributed by atoms with Gasteiger partial charge >= 0.3 is 6.36 Å². The van der Waals surface area contributed by atoms with Gasteiger partial charge < -0.3 is 9.30 Å². The predicted molar refractivity (Wildman–Crippen MR) is 92.4 cm³/mol. The molecule has 0 amide bonds. The van der Waals surface area contributed by atoms with Gasteiger partial charge in [0.05, 0.1) is 16.8 Å². The summed E-state index contributed by atoms with van der Waals surface area (Å²) in [5.41, 5.74) is 1.52. The minimum atomic E-state index is -4.80. The molecule has 2 heterocycles. The van der Waals surface area contributed by atoms with E-state index in [1.54, 1.807) is 0 Å². The van der Waals surface area contributed by atoms with Gasteiger partial charge in [-0.3, -0.25) is 4.79 Å². The second kappa shape index (κ2) is 6.20. The van der Waals surface area contributed by atoms with Crippen molar-refractivity contribution >= 4 is 16.1 Å². The van der Waals surface area contributed by atoms with Crippen LogP contribution in [0.5, 0.6) is 5.75 Å². The Kier molecular flexibility index (Phi) is 4.03. The van der Waals surface area contributed by atoms with Gasteiger partial charge in [-0.25, -0.2) is 13.4 Å². The third-order valence-corrected chi connectivity index (χ3v) is 5.86. The van der Waals surface area contributed by atoms with Gasteiger partial charge in [-0.1, -0.05) is 6.07 Å². The fourth-order valence-electron chi connectivity index (χ4n) is 3.07. The SMILES string of the molecule is O=Cc1ccc2c(c1)S(=O)(=O)Cn1c(-c3ccc(OC(F)(F)F)cc3)cnc1-2. The van der Waals surface area contributed by atoms with Crippen LogP contribution in [0.25, 0.3) is 22.6 Å². The first-order chi connectivity index (χ1) is 13.2. The van der Waals surface area contributed by atoms with Crippen molar-refractivity contribution in [1.29, 1.82) is 0 Å². The van der Waals surface area contributed by atoms with Crippen molar-refractivity contribution in [3.8, 4) is 28.4 Å². The van der Waals surface area contributed by atoms with Crippen LogP contribution in [0.1, 0.15) is 10.4 Å². The van der Waals surface area contributed by atoms with Crippen molar-refractivity contribution in [2.24, 2.45) is 0 Å². The Hall–Kier alpha value is -3.14. The molecule has 28 heavy (non-hydrogen) atoms. The highest BCUT2D eigenvalue weighted by Gasteiger charge is 2.32. The number of hydrogen-bond acceptors (Lipinski definition) is 5. The minimum Gasteiger partial charge on any atom is -0.406 e. The second-order valence-corrected chi connectivity index (χ2v) is 8.01. The molecule has 0 unspecified atom stereocenters. The maximum Gasteiger partial charge on any atom is 0.573 e. The van der Waals surface area contributed by atoms with E-state index in [2.05, 4.69) is 9.72 Å². The molecule has 0 N–H and O–H groups in total. The van der Waals surface area contributed by atoms with Crippen LogP contribution in [0.15, 0.2) is 53.6 Å². The van der Waals surface area contributed by atoms with Gasteiger partial charge in [0.2, 0.25) is 0 Å². The first kappa shape index (κ1) is 18.2. The number of aldehydes is 1. The summed E-state index contributed by atoms with van der Waals surface area (Å²) >= 11 is 0. The van der Waals surface area contributed by atoms with E-state index in [0.29, 0.717) is 28.9 Å². The number of carbonyl (C=O) groups is 1. The molecule has 4 rings (SSSR count). The number of hydrogen-bond donors (Lipinski definition) is 0. The third kappa shape index (κ3) is 3.15. The highest BCUT2D eigenvalue weighted by atomic mass is 32.2. The summed E-state index contributed by atoms with van der Waals surface area (Å²) in [5, 5.41) is 0. The van der Waals surface area contributed by atoms with Crippen molar-refractivity contribution in [2.75, 3.05) is 0 Å². The Bertz CT molecular complexity index is 1180. The molecular weight excluding hydrogens is 397 g/mol. The number of imidazole rings is 1. The van der Waals surface area contributed by atoms with Gasteiger partial charge in [0.1, 0.15) is 23.7 Å². The zero-order valence-corrected chi connectivity index (χ0v) is 14.8. The molecule has 0 fully saturated rings. The largest absolute Gasteiger partial charge is 0.573 e. The van der Waals surface area contributed by atoms with E-state index in [-0.39, 0.29) is 16.2 Å². The minimum absolute atomic E-state index is 0.0238. The average molecular weight is 408 g/mol. The summed E-state index contributed by atoms with van der Waals surface area (Å²) in [5.74, 6) is -0.379. The lowest BCUT2D eigenvalue weighted by molar-refractivity contribution is -0.274. The normalized spacial score (nSPS) is 14.8. The number of alkyl halides is 3. The van der Waals surface area contributed by atoms with Crippen molar-refractivity contribution in [3.05, 3.63) is 54.2 Å². The van der Waals surface area contributed by atoms with E-state index in [4.69, 9.17) is 0 Å². The number of carbonyl (C=O) groups excluding carboxylic acids is 1. The van der Waals surface area contributed by atoms with E-state index >= 15 is 0 Å². The summed E-state index contributed by atoms with van der Waals surface area (Å²) in [6.07, 6.45) is -2.78. The molecule has 0 saturated carbocycles. The Morgan fingerprint density at radius 3 is 2.46 bits per heavy atom. The van der Waals surface area contributed by atoms with Crippen LogP contribution in [0.3, 0.4) is 0 Å². The molecule has 6 nitrogen and oxygen atoms in total. The van der Waals surface area contributed by atoms with Gasteiger partial charge in [-0.05, 0) is 36.4 Å². The summed E-state index contributed by atoms with van der Waals surface area (Å²) in [7, 11) is -3.73. The highest BCUT2D eigenvalue weighted by molar-refractivity contribution is 7.90. The van der Waals surface area contributed by atoms with E-state index in [1.807, 2.05) is 0 Å². The molecule has 10 heteroatoms. The lowest BCUT2D eigenvalue weighted by Crippen LogP contribution is -2.19. The molecular formula is C18H11F3N2O4S. The van der Waals surface area contributed by atoms with Crippen LogP contribution in [0.4, 0.5) is 13.2 Å². The van der Waals surface area contributed by atoms with Crippen molar-refractivity contribution in [3.63, 3.8) is 0 Å². The van der Waals surface area contributed by atoms with Gasteiger partial charge in [-0.2, -0.15) is 0 Å². The second-order valence-electron chi connectivity index (χ2n) is 6.08. The number of nitrogens with zero attached hydrogens (tertiary/aromatic N) is 2. The molecule has 3 aromatic rings. The Labute approximate surface area is 157 Å². The van der Waals surface area contributed by atoms with Crippen LogP contribution in [-0.4, -0.2) is 30.6 Å². The maximum absolute atomic E-state index is 12.7. The molecule has 1 aromatic heterocycles. The van der Waals surface area contributed by atoms with Crippen molar-refractivity contribution < 1.29 is 31.1 Å². The van der Waals surface area contributed by atoms with Crippen molar-refractivity contribution in [1.82, 2.24) is 9.55 Å². The van der Waals surface area contributed by atoms with E-state index in [0.717, 1.165) is 12.1 Å². The summed E-state index contributed by atoms with van der Waals surface area (Å²) in [6, 6.07) is 9.38. The van der Waals surface area contributed by atoms with Crippen LogP contribution < -0.4 is 4.74 Å². The van der Waals surface area contributed by atoms with E-state index in [1.165, 1.54) is 41.1 Å². The van der Waals surface area contributed by atoms with Crippen LogP contribution in [0.2, 0.25) is 0 Å². The maximum atomic E-state index is 12.7. The Morgan fingerprint density at radius 1 is 1.11 bits per heavy atom. The predicted octanol–water partition coefficient (Wildman–Crippen LogP) is 3.67. The first-order valence-electron chi connectivity index (χ1n) is 7.92. The van der Waals surface area contributed by atoms with Gasteiger partial charge in [-0.15, -0.1) is 13.2 Å². The smallest absolute Gasteiger partial charge is 0.406 e. The number of benzene rings is 2. The fourth-order valence-corrected chi connectivity index (χ4v) is 4.62. The number of halogens is 3. The highest BCUT2D eigenvalue weighted by Crippen LogP contribution is 2.37. The fraction of sp³-hybridized carbons (Fsp3) is 0.111. The molecule has 1 aliphatic heterocycles. The van der Waals surface area contributed by atoms with E-state index < -0.39 is 22.1 Å². The van der Waals surface area contributed by atoms with E-state index in [9.17, 15) is 26.4 Å². The van der Waals surface area contributed by atoms with Gasteiger partial charge in [0.25, 0.3) is 0 Å². The van der Waals surface area contributed by atoms with Gasteiger partial charge in [0, 0.05) is 16.7 Å². The number of fused-ring (bicyclic) bond motifs is 3. The summed E-state index contributed by atoms with van der Waals surface area (Å²) in [4.78, 5) is 15.3. The molecule has 0 aliphatic carbocycles. The molecule has 0 saturated heterocycles. The topological polar surface area (TPSA) is 78.3 Å². The molecule has 1 aliphatic rings. The third-order valence-electron chi connectivity index (χ3n) is 4.26. The number of sulfone groups is 1. The van der Waals surface area contributed by atoms with Crippen LogP contribution >= 0.6 is 0 Å². The van der Waals surface area contributed by atoms with Gasteiger partial charge in [0.15, 0.2) is 9.84 Å². The molecule has 144 valence electrons. The number of rotatable bonds is 3. The van der Waals surface area contributed by atoms with Crippen LogP contribution in [0, 0.1) is 0 Å². The first-order valence-corrected chi connectivity index (χ1v) is 9.57. The molecule has 0 bridgehead atoms. The average Bonchev–Trinajstić information content (AvgIpc) is 3.03. The molecule has 0 radical (unpaired) electrons. The molecule has 0 atom stereocenters. The quantitative estimate of drug-likeness (QED) is 0.618. The Morgan fingerprint density at radius 2 is 1.82 bits per heavy atom. The summed E-state index contributed by atoms with van der Waals surface area (Å²) in [6.45, 7) is 0. The molecule has 2 aromatic carbocycles. The van der Waals surface area contributed by atoms with Crippen molar-refractivity contribution in [2.45, 2.75) is 17.1 Å². The zero-order valence-electron chi connectivity index (χ0n) is 14.0. The number of aromatic nitrogens is 2. The zero-order chi connectivity index (χ0) is 20.1. The monoisotopic (exact) mass is 408 g/mol. The van der Waals surface area contributed by atoms with Crippen LogP contribution in [-0.2, 0) is 15.7 Å². The Balaban J connectivity index is 1.78. The molecule has 0 spiro atoms. The standard InChI is InChI=1S/C18H11F3N2O4S/c19-18(20,21)27-13-4-2-12(3-5-13)15-8-22-17-14-6-1-11(9-24)7-16(14)28(25,26)10-23(15)17/h1-9H,10H2.